The van der Waals surface area contributed by atoms with Gasteiger partial charge in [-0.05, 0) is 48.6 Å². The maximum atomic E-state index is 12.0. The molecular weight excluding hydrogens is 347 g/mol. The van der Waals surface area contributed by atoms with Crippen LogP contribution in [-0.2, 0) is 6.42 Å². The average molecular weight is 360 g/mol. The number of hydrogen-bond acceptors (Lipinski definition) is 3. The molecule has 17 heavy (non-hydrogen) atoms. The number of thiophene rings is 1. The van der Waals surface area contributed by atoms with Crippen molar-refractivity contribution in [2.45, 2.75) is 26.3 Å². The number of halogens is 1. The summed E-state index contributed by atoms with van der Waals surface area (Å²) in [6, 6.07) is 4.17. The van der Waals surface area contributed by atoms with Gasteiger partial charge in [-0.15, -0.1) is 11.3 Å². The van der Waals surface area contributed by atoms with E-state index in [0.29, 0.717) is 12.5 Å². The van der Waals surface area contributed by atoms with Crippen molar-refractivity contribution in [2.75, 3.05) is 0 Å². The molecule has 0 aromatic carbocycles. The molecule has 0 aliphatic carbocycles. The first kappa shape index (κ1) is 12.8. The van der Waals surface area contributed by atoms with E-state index in [2.05, 4.69) is 41.5 Å². The summed E-state index contributed by atoms with van der Waals surface area (Å²) in [7, 11) is 0. The van der Waals surface area contributed by atoms with Crippen LogP contribution < -0.4 is 0 Å². The van der Waals surface area contributed by atoms with Gasteiger partial charge in [0.15, 0.2) is 5.78 Å². The molecule has 3 nitrogen and oxygen atoms in total. The van der Waals surface area contributed by atoms with Gasteiger partial charge in [0.25, 0.3) is 0 Å². The van der Waals surface area contributed by atoms with Crippen molar-refractivity contribution in [1.29, 1.82) is 0 Å². The van der Waals surface area contributed by atoms with E-state index in [1.807, 2.05) is 28.4 Å². The predicted molar refractivity (Wildman–Crippen MR) is 77.7 cm³/mol. The van der Waals surface area contributed by atoms with Crippen LogP contribution in [0.1, 0.15) is 35.9 Å². The SMILES string of the molecule is CC(C)n1ccc(CC(=O)c2csc(I)c2)n1. The molecule has 0 aliphatic rings. The van der Waals surface area contributed by atoms with Crippen LogP contribution in [0.15, 0.2) is 23.7 Å². The van der Waals surface area contributed by atoms with Gasteiger partial charge in [0.1, 0.15) is 0 Å². The van der Waals surface area contributed by atoms with Gasteiger partial charge in [0, 0.05) is 23.2 Å². The molecule has 0 aliphatic heterocycles. The maximum absolute atomic E-state index is 12.0. The van der Waals surface area contributed by atoms with Gasteiger partial charge >= 0.3 is 0 Å². The number of rotatable bonds is 4. The van der Waals surface area contributed by atoms with Crippen LogP contribution in [0.2, 0.25) is 0 Å². The van der Waals surface area contributed by atoms with E-state index >= 15 is 0 Å². The Kier molecular flexibility index (Phi) is 3.98. The zero-order valence-electron chi connectivity index (χ0n) is 9.68. The molecule has 0 saturated heterocycles. The highest BCUT2D eigenvalue weighted by Crippen LogP contribution is 2.18. The van der Waals surface area contributed by atoms with E-state index in [0.717, 1.165) is 14.1 Å². The molecule has 0 bridgehead atoms. The standard InChI is InChI=1S/C12H13IN2OS/c1-8(2)15-4-3-10(14-15)6-11(16)9-5-12(13)17-7-9/h3-5,7-8H,6H2,1-2H3. The lowest BCUT2D eigenvalue weighted by Gasteiger charge is -2.03. The molecule has 0 radical (unpaired) electrons. The predicted octanol–water partition coefficient (Wildman–Crippen LogP) is 3.56. The van der Waals surface area contributed by atoms with E-state index < -0.39 is 0 Å². The van der Waals surface area contributed by atoms with Gasteiger partial charge in [-0.2, -0.15) is 5.10 Å². The molecule has 0 atom stereocenters. The quantitative estimate of drug-likeness (QED) is 0.617. The van der Waals surface area contributed by atoms with Crippen LogP contribution in [0.25, 0.3) is 0 Å². The van der Waals surface area contributed by atoms with Crippen molar-refractivity contribution in [1.82, 2.24) is 9.78 Å². The van der Waals surface area contributed by atoms with E-state index in [4.69, 9.17) is 0 Å². The summed E-state index contributed by atoms with van der Waals surface area (Å²) in [6.45, 7) is 4.14. The molecule has 0 spiro atoms. The van der Waals surface area contributed by atoms with Gasteiger partial charge in [0.05, 0.1) is 15.0 Å². The Hall–Kier alpha value is -0.690. The fourth-order valence-corrected chi connectivity index (χ4v) is 2.83. The van der Waals surface area contributed by atoms with Gasteiger partial charge in [-0.1, -0.05) is 0 Å². The van der Waals surface area contributed by atoms with Crippen molar-refractivity contribution >= 4 is 39.7 Å². The monoisotopic (exact) mass is 360 g/mol. The summed E-state index contributed by atoms with van der Waals surface area (Å²) < 4.78 is 3.01. The number of carbonyl (C=O) groups excluding carboxylic acids is 1. The average Bonchev–Trinajstić information content (AvgIpc) is 2.86. The molecule has 2 aromatic rings. The number of hydrogen-bond donors (Lipinski definition) is 0. The number of aromatic nitrogens is 2. The second-order valence-electron chi connectivity index (χ2n) is 4.12. The van der Waals surface area contributed by atoms with Crippen molar-refractivity contribution in [2.24, 2.45) is 0 Å². The third kappa shape index (κ3) is 3.16. The minimum absolute atomic E-state index is 0.137. The molecular formula is C12H13IN2OS. The Morgan fingerprint density at radius 2 is 2.35 bits per heavy atom. The lowest BCUT2D eigenvalue weighted by molar-refractivity contribution is 0.0992. The minimum atomic E-state index is 0.137. The fourth-order valence-electron chi connectivity index (χ4n) is 1.48. The Balaban J connectivity index is 2.07. The summed E-state index contributed by atoms with van der Waals surface area (Å²) >= 11 is 3.82. The molecule has 2 heterocycles. The first-order valence-electron chi connectivity index (χ1n) is 5.37. The Labute approximate surface area is 118 Å². The van der Waals surface area contributed by atoms with Crippen molar-refractivity contribution in [3.05, 3.63) is 37.9 Å². The Morgan fingerprint density at radius 3 is 2.88 bits per heavy atom. The van der Waals surface area contributed by atoms with Gasteiger partial charge in [-0.3, -0.25) is 9.48 Å². The lowest BCUT2D eigenvalue weighted by Crippen LogP contribution is -2.05. The van der Waals surface area contributed by atoms with Gasteiger partial charge < -0.3 is 0 Å². The second-order valence-corrected chi connectivity index (χ2v) is 6.93. The topological polar surface area (TPSA) is 34.9 Å². The van der Waals surface area contributed by atoms with E-state index in [1.54, 1.807) is 11.3 Å². The minimum Gasteiger partial charge on any atom is -0.294 e. The molecule has 0 fully saturated rings. The summed E-state index contributed by atoms with van der Waals surface area (Å²) in [6.07, 6.45) is 2.30. The van der Waals surface area contributed by atoms with Gasteiger partial charge in [0.2, 0.25) is 0 Å². The molecule has 0 amide bonds. The third-order valence-electron chi connectivity index (χ3n) is 2.42. The lowest BCUT2D eigenvalue weighted by atomic mass is 10.1. The zero-order valence-corrected chi connectivity index (χ0v) is 12.7. The van der Waals surface area contributed by atoms with E-state index in [1.165, 1.54) is 0 Å². The first-order chi connectivity index (χ1) is 8.06. The summed E-state index contributed by atoms with van der Waals surface area (Å²) in [5.41, 5.74) is 1.63. The van der Waals surface area contributed by atoms with Crippen molar-refractivity contribution < 1.29 is 4.79 Å². The number of ketones is 1. The van der Waals surface area contributed by atoms with Crippen LogP contribution in [0, 0.1) is 2.88 Å². The van der Waals surface area contributed by atoms with Crippen molar-refractivity contribution in [3.8, 4) is 0 Å². The molecule has 0 N–H and O–H groups in total. The molecule has 2 aromatic heterocycles. The number of Topliss-reactive ketones (excluding diaryl/α,β-unsaturated/α-hetero) is 1. The largest absolute Gasteiger partial charge is 0.294 e. The van der Waals surface area contributed by atoms with Crippen LogP contribution in [0.3, 0.4) is 0 Å². The highest BCUT2D eigenvalue weighted by atomic mass is 127. The zero-order chi connectivity index (χ0) is 12.4. The third-order valence-corrected chi connectivity index (χ3v) is 4.21. The smallest absolute Gasteiger partial charge is 0.169 e. The first-order valence-corrected chi connectivity index (χ1v) is 7.33. The molecule has 2 rings (SSSR count). The highest BCUT2D eigenvalue weighted by molar-refractivity contribution is 14.1. The summed E-state index contributed by atoms with van der Waals surface area (Å²) in [4.78, 5) is 12.0. The molecule has 90 valence electrons. The fraction of sp³-hybridized carbons (Fsp3) is 0.333. The van der Waals surface area contributed by atoms with Crippen LogP contribution in [-0.4, -0.2) is 15.6 Å². The highest BCUT2D eigenvalue weighted by Gasteiger charge is 2.11. The molecule has 0 unspecified atom stereocenters. The summed E-state index contributed by atoms with van der Waals surface area (Å²) in [5.74, 6) is 0.137. The summed E-state index contributed by atoms with van der Waals surface area (Å²) in [5, 5.41) is 6.29. The Bertz CT molecular complexity index is 530. The van der Waals surface area contributed by atoms with E-state index in [9.17, 15) is 4.79 Å². The maximum Gasteiger partial charge on any atom is 0.169 e. The number of carbonyl (C=O) groups is 1. The molecule has 5 heteroatoms. The van der Waals surface area contributed by atoms with Crippen LogP contribution in [0.4, 0.5) is 0 Å². The van der Waals surface area contributed by atoms with Crippen molar-refractivity contribution in [3.63, 3.8) is 0 Å². The van der Waals surface area contributed by atoms with Crippen LogP contribution in [0.5, 0.6) is 0 Å². The molecule has 0 saturated carbocycles. The number of nitrogens with zero attached hydrogens (tertiary/aromatic N) is 2. The van der Waals surface area contributed by atoms with Gasteiger partial charge in [-0.25, -0.2) is 0 Å². The van der Waals surface area contributed by atoms with Crippen LogP contribution >= 0.6 is 33.9 Å². The second kappa shape index (κ2) is 5.30. The Morgan fingerprint density at radius 1 is 1.59 bits per heavy atom. The normalized spacial score (nSPS) is 11.1. The van der Waals surface area contributed by atoms with E-state index in [-0.39, 0.29) is 5.78 Å².